The summed E-state index contributed by atoms with van der Waals surface area (Å²) in [7, 11) is 0. The molecule has 0 unspecified atom stereocenters. The fourth-order valence-electron chi connectivity index (χ4n) is 0.980. The van der Waals surface area contributed by atoms with Gasteiger partial charge in [0.15, 0.2) is 0 Å². The van der Waals surface area contributed by atoms with E-state index in [0.29, 0.717) is 11.5 Å². The van der Waals surface area contributed by atoms with Crippen molar-refractivity contribution in [2.24, 2.45) is 0 Å². The standard InChI is InChI=1S/C12H12O5/c1-3-11(13)15-7-9-5-6-10(17-9)8-16-12(14)4-2/h3-6H,1-2,7-8H2. The van der Waals surface area contributed by atoms with E-state index in [4.69, 9.17) is 13.9 Å². The van der Waals surface area contributed by atoms with E-state index in [1.54, 1.807) is 12.1 Å². The van der Waals surface area contributed by atoms with Gasteiger partial charge in [-0.05, 0) is 12.1 Å². The number of hydrogen-bond acceptors (Lipinski definition) is 5. The zero-order valence-electron chi connectivity index (χ0n) is 9.18. The first-order valence-corrected chi connectivity index (χ1v) is 4.81. The van der Waals surface area contributed by atoms with Gasteiger partial charge in [0.25, 0.3) is 0 Å². The van der Waals surface area contributed by atoms with Crippen LogP contribution in [0.5, 0.6) is 0 Å². The highest BCUT2D eigenvalue weighted by molar-refractivity contribution is 5.81. The largest absolute Gasteiger partial charge is 0.459 e. The first kappa shape index (κ1) is 12.8. The summed E-state index contributed by atoms with van der Waals surface area (Å²) in [5.41, 5.74) is 0. The van der Waals surface area contributed by atoms with Gasteiger partial charge < -0.3 is 13.9 Å². The van der Waals surface area contributed by atoms with E-state index in [2.05, 4.69) is 13.2 Å². The maximum atomic E-state index is 10.8. The van der Waals surface area contributed by atoms with Gasteiger partial charge in [0.1, 0.15) is 24.7 Å². The van der Waals surface area contributed by atoms with Crippen LogP contribution in [0.1, 0.15) is 11.5 Å². The summed E-state index contributed by atoms with van der Waals surface area (Å²) in [4.78, 5) is 21.6. The van der Waals surface area contributed by atoms with Gasteiger partial charge in [-0.2, -0.15) is 0 Å². The van der Waals surface area contributed by atoms with Crippen molar-refractivity contribution in [3.8, 4) is 0 Å². The van der Waals surface area contributed by atoms with Crippen LogP contribution in [-0.4, -0.2) is 11.9 Å². The molecule has 1 heterocycles. The van der Waals surface area contributed by atoms with E-state index in [1.165, 1.54) is 0 Å². The molecular weight excluding hydrogens is 224 g/mol. The monoisotopic (exact) mass is 236 g/mol. The Balaban J connectivity index is 2.42. The lowest BCUT2D eigenvalue weighted by Crippen LogP contribution is -2.00. The topological polar surface area (TPSA) is 65.7 Å². The van der Waals surface area contributed by atoms with E-state index in [-0.39, 0.29) is 13.2 Å². The SMILES string of the molecule is C=CC(=O)OCc1ccc(COC(=O)C=C)o1. The minimum atomic E-state index is -0.527. The number of ether oxygens (including phenoxy) is 2. The van der Waals surface area contributed by atoms with Crippen molar-refractivity contribution in [3.05, 3.63) is 49.0 Å². The van der Waals surface area contributed by atoms with Crippen molar-refractivity contribution in [3.63, 3.8) is 0 Å². The fraction of sp³-hybridized carbons (Fsp3) is 0.167. The van der Waals surface area contributed by atoms with Crippen LogP contribution in [0.2, 0.25) is 0 Å². The molecule has 0 aliphatic heterocycles. The highest BCUT2D eigenvalue weighted by atomic mass is 16.5. The molecule has 5 nitrogen and oxygen atoms in total. The molecule has 0 aromatic carbocycles. The molecule has 5 heteroatoms. The number of furan rings is 1. The summed E-state index contributed by atoms with van der Waals surface area (Å²) in [6, 6.07) is 3.26. The summed E-state index contributed by atoms with van der Waals surface area (Å²) >= 11 is 0. The number of carbonyl (C=O) groups is 2. The van der Waals surface area contributed by atoms with Gasteiger partial charge in [-0.1, -0.05) is 13.2 Å². The predicted molar refractivity (Wildman–Crippen MR) is 58.7 cm³/mol. The number of hydrogen-bond donors (Lipinski definition) is 0. The van der Waals surface area contributed by atoms with E-state index in [0.717, 1.165) is 12.2 Å². The molecule has 0 spiro atoms. The number of rotatable bonds is 6. The smallest absolute Gasteiger partial charge is 0.330 e. The molecule has 1 rings (SSSR count). The number of carbonyl (C=O) groups excluding carboxylic acids is 2. The van der Waals surface area contributed by atoms with Crippen LogP contribution >= 0.6 is 0 Å². The zero-order valence-corrected chi connectivity index (χ0v) is 9.18. The summed E-state index contributed by atoms with van der Waals surface area (Å²) in [5, 5.41) is 0. The summed E-state index contributed by atoms with van der Waals surface area (Å²) in [6.07, 6.45) is 2.13. The van der Waals surface area contributed by atoms with Crippen LogP contribution in [-0.2, 0) is 32.3 Å². The van der Waals surface area contributed by atoms with Crippen molar-refractivity contribution in [1.29, 1.82) is 0 Å². The third-order valence-corrected chi connectivity index (χ3v) is 1.76. The highest BCUT2D eigenvalue weighted by Crippen LogP contribution is 2.10. The maximum Gasteiger partial charge on any atom is 0.330 e. The van der Waals surface area contributed by atoms with Crippen LogP contribution < -0.4 is 0 Å². The normalized spacial score (nSPS) is 9.41. The molecule has 0 saturated carbocycles. The summed E-state index contributed by atoms with van der Waals surface area (Å²) < 4.78 is 14.8. The Hall–Kier alpha value is -2.30. The van der Waals surface area contributed by atoms with E-state index in [1.807, 2.05) is 0 Å². The van der Waals surface area contributed by atoms with Crippen LogP contribution in [0, 0.1) is 0 Å². The lowest BCUT2D eigenvalue weighted by molar-refractivity contribution is -0.139. The van der Waals surface area contributed by atoms with Crippen LogP contribution in [0.25, 0.3) is 0 Å². The molecular formula is C12H12O5. The molecule has 17 heavy (non-hydrogen) atoms. The third-order valence-electron chi connectivity index (χ3n) is 1.76. The van der Waals surface area contributed by atoms with Crippen molar-refractivity contribution in [1.82, 2.24) is 0 Å². The maximum absolute atomic E-state index is 10.8. The fourth-order valence-corrected chi connectivity index (χ4v) is 0.980. The Labute approximate surface area is 98.3 Å². The predicted octanol–water partition coefficient (Wildman–Crippen LogP) is 1.74. The number of esters is 2. The molecule has 1 aromatic heterocycles. The second kappa shape index (κ2) is 6.32. The van der Waals surface area contributed by atoms with E-state index in [9.17, 15) is 9.59 Å². The Morgan fingerprint density at radius 1 is 1.06 bits per heavy atom. The Morgan fingerprint density at radius 2 is 1.47 bits per heavy atom. The van der Waals surface area contributed by atoms with Crippen LogP contribution in [0.4, 0.5) is 0 Å². The van der Waals surface area contributed by atoms with Crippen LogP contribution in [0.3, 0.4) is 0 Å². The van der Waals surface area contributed by atoms with Gasteiger partial charge in [0.2, 0.25) is 0 Å². The Bertz CT molecular complexity index is 391. The molecule has 1 aromatic rings. The lowest BCUT2D eigenvalue weighted by Gasteiger charge is -1.99. The molecule has 90 valence electrons. The van der Waals surface area contributed by atoms with Crippen molar-refractivity contribution in [2.45, 2.75) is 13.2 Å². The van der Waals surface area contributed by atoms with E-state index < -0.39 is 11.9 Å². The van der Waals surface area contributed by atoms with Gasteiger partial charge >= 0.3 is 11.9 Å². The summed E-state index contributed by atoms with van der Waals surface area (Å²) in [5.74, 6) is -0.128. The molecule has 0 aliphatic carbocycles. The molecule has 0 amide bonds. The zero-order chi connectivity index (χ0) is 12.7. The summed E-state index contributed by atoms with van der Waals surface area (Å²) in [6.45, 7) is 6.56. The average molecular weight is 236 g/mol. The van der Waals surface area contributed by atoms with Gasteiger partial charge in [-0.25, -0.2) is 9.59 Å². The van der Waals surface area contributed by atoms with Crippen molar-refractivity contribution < 1.29 is 23.5 Å². The minimum absolute atomic E-state index is 0.0141. The Morgan fingerprint density at radius 3 is 1.82 bits per heavy atom. The third kappa shape index (κ3) is 4.38. The molecule has 0 saturated heterocycles. The molecule has 0 N–H and O–H groups in total. The molecule has 0 atom stereocenters. The Kier molecular flexibility index (Phi) is 4.75. The van der Waals surface area contributed by atoms with Crippen molar-refractivity contribution in [2.75, 3.05) is 0 Å². The molecule has 0 fully saturated rings. The average Bonchev–Trinajstić information content (AvgIpc) is 2.80. The molecule has 0 bridgehead atoms. The van der Waals surface area contributed by atoms with Gasteiger partial charge in [-0.3, -0.25) is 0 Å². The van der Waals surface area contributed by atoms with Gasteiger partial charge in [-0.15, -0.1) is 0 Å². The van der Waals surface area contributed by atoms with Crippen molar-refractivity contribution >= 4 is 11.9 Å². The second-order valence-electron chi connectivity index (χ2n) is 2.99. The lowest BCUT2D eigenvalue weighted by atomic mass is 10.4. The first-order valence-electron chi connectivity index (χ1n) is 4.81. The quantitative estimate of drug-likeness (QED) is 0.556. The van der Waals surface area contributed by atoms with E-state index >= 15 is 0 Å². The molecule has 0 radical (unpaired) electrons. The van der Waals surface area contributed by atoms with Crippen LogP contribution in [0.15, 0.2) is 41.9 Å². The second-order valence-corrected chi connectivity index (χ2v) is 2.99. The van der Waals surface area contributed by atoms with Gasteiger partial charge in [0, 0.05) is 12.2 Å². The first-order chi connectivity index (χ1) is 8.15. The molecule has 0 aliphatic rings. The van der Waals surface area contributed by atoms with Gasteiger partial charge in [0.05, 0.1) is 0 Å². The highest BCUT2D eigenvalue weighted by Gasteiger charge is 2.05. The minimum Gasteiger partial charge on any atom is -0.459 e.